The summed E-state index contributed by atoms with van der Waals surface area (Å²) in [4.78, 5) is 16.8. The van der Waals surface area contributed by atoms with Gasteiger partial charge in [0.2, 0.25) is 0 Å². The minimum atomic E-state index is 0.120. The van der Waals surface area contributed by atoms with Crippen LogP contribution in [0.1, 0.15) is 24.8 Å². The predicted octanol–water partition coefficient (Wildman–Crippen LogP) is 4.30. The van der Waals surface area contributed by atoms with Gasteiger partial charge in [0.1, 0.15) is 0 Å². The van der Waals surface area contributed by atoms with Crippen molar-refractivity contribution in [3.63, 3.8) is 0 Å². The van der Waals surface area contributed by atoms with Gasteiger partial charge < -0.3 is 4.90 Å². The highest BCUT2D eigenvalue weighted by Gasteiger charge is 2.23. The fourth-order valence-electron chi connectivity index (χ4n) is 2.90. The third-order valence-electron chi connectivity index (χ3n) is 4.11. The average molecular weight is 294 g/mol. The predicted molar refractivity (Wildman–Crippen MR) is 89.9 cm³/mol. The van der Waals surface area contributed by atoms with Crippen molar-refractivity contribution < 1.29 is 4.79 Å². The molecule has 0 unspecified atom stereocenters. The van der Waals surface area contributed by atoms with Gasteiger partial charge in [-0.2, -0.15) is 0 Å². The second-order valence-electron chi connectivity index (χ2n) is 5.74. The molecule has 0 bridgehead atoms. The molecule has 0 aromatic heterocycles. The van der Waals surface area contributed by atoms with Crippen LogP contribution in [-0.4, -0.2) is 24.0 Å². The summed E-state index contributed by atoms with van der Waals surface area (Å²) in [5.41, 5.74) is 2.11. The Kier molecular flexibility index (Phi) is 4.74. The van der Waals surface area contributed by atoms with Crippen LogP contribution in [0.25, 0.3) is 0 Å². The lowest BCUT2D eigenvalue weighted by molar-refractivity contribution is 0.192. The number of para-hydroxylation sites is 1. The fourth-order valence-corrected chi connectivity index (χ4v) is 2.90. The number of nitrogens with zero attached hydrogens (tertiary/aromatic N) is 2. The van der Waals surface area contributed by atoms with Gasteiger partial charge >= 0.3 is 6.03 Å². The lowest BCUT2D eigenvalue weighted by Gasteiger charge is -2.33. The first-order valence-electron chi connectivity index (χ1n) is 8.00. The fraction of sp³-hybridized carbons (Fsp3) is 0.316. The maximum absolute atomic E-state index is 13.0. The molecule has 3 nitrogen and oxygen atoms in total. The Morgan fingerprint density at radius 2 is 1.45 bits per heavy atom. The van der Waals surface area contributed by atoms with Gasteiger partial charge in [0.15, 0.2) is 0 Å². The molecule has 0 radical (unpaired) electrons. The second kappa shape index (κ2) is 7.12. The van der Waals surface area contributed by atoms with Crippen LogP contribution in [0.4, 0.5) is 10.5 Å². The summed E-state index contributed by atoms with van der Waals surface area (Å²) < 4.78 is 0. The summed E-state index contributed by atoms with van der Waals surface area (Å²) in [6.45, 7) is 2.36. The normalized spacial score (nSPS) is 14.6. The highest BCUT2D eigenvalue weighted by atomic mass is 16.2. The molecule has 1 heterocycles. The molecule has 22 heavy (non-hydrogen) atoms. The van der Waals surface area contributed by atoms with E-state index in [0.29, 0.717) is 6.54 Å². The SMILES string of the molecule is O=C(N1CCCCC1)N(Cc1ccccc1)c1ccccc1. The number of likely N-dealkylation sites (tertiary alicyclic amines) is 1. The Labute approximate surface area is 132 Å². The van der Waals surface area contributed by atoms with Crippen molar-refractivity contribution in [3.8, 4) is 0 Å². The molecule has 0 aliphatic carbocycles. The van der Waals surface area contributed by atoms with E-state index in [1.807, 2.05) is 58.3 Å². The Bertz CT molecular complexity index is 591. The molecule has 3 heteroatoms. The zero-order valence-corrected chi connectivity index (χ0v) is 12.8. The van der Waals surface area contributed by atoms with Crippen molar-refractivity contribution in [3.05, 3.63) is 66.2 Å². The highest BCUT2D eigenvalue weighted by molar-refractivity contribution is 5.92. The molecule has 2 amide bonds. The number of hydrogen-bond acceptors (Lipinski definition) is 1. The standard InChI is InChI=1S/C19H22N2O/c22-19(20-14-8-3-9-15-20)21(18-12-6-2-7-13-18)16-17-10-4-1-5-11-17/h1-2,4-7,10-13H,3,8-9,14-16H2. The van der Waals surface area contributed by atoms with E-state index in [1.54, 1.807) is 0 Å². The van der Waals surface area contributed by atoms with Crippen LogP contribution >= 0.6 is 0 Å². The first kappa shape index (κ1) is 14.6. The van der Waals surface area contributed by atoms with Crippen LogP contribution in [0.3, 0.4) is 0 Å². The quantitative estimate of drug-likeness (QED) is 0.828. The Balaban J connectivity index is 1.84. The third-order valence-corrected chi connectivity index (χ3v) is 4.11. The van der Waals surface area contributed by atoms with Gasteiger partial charge in [-0.3, -0.25) is 4.90 Å². The largest absolute Gasteiger partial charge is 0.324 e. The molecule has 2 aromatic rings. The minimum absolute atomic E-state index is 0.120. The molecule has 0 spiro atoms. The van der Waals surface area contributed by atoms with Crippen LogP contribution in [0, 0.1) is 0 Å². The first-order valence-corrected chi connectivity index (χ1v) is 8.00. The van der Waals surface area contributed by atoms with E-state index in [1.165, 1.54) is 6.42 Å². The van der Waals surface area contributed by atoms with Crippen LogP contribution in [0.15, 0.2) is 60.7 Å². The number of carbonyl (C=O) groups excluding carboxylic acids is 1. The van der Waals surface area contributed by atoms with Gasteiger partial charge in [0.05, 0.1) is 6.54 Å². The molecule has 1 fully saturated rings. The molecule has 114 valence electrons. The molecule has 1 aliphatic heterocycles. The summed E-state index contributed by atoms with van der Waals surface area (Å²) >= 11 is 0. The van der Waals surface area contributed by atoms with Gasteiger partial charge in [-0.15, -0.1) is 0 Å². The van der Waals surface area contributed by atoms with Crippen molar-refractivity contribution in [1.82, 2.24) is 4.90 Å². The maximum atomic E-state index is 13.0. The summed E-state index contributed by atoms with van der Waals surface area (Å²) in [6, 6.07) is 20.3. The number of amides is 2. The van der Waals surface area contributed by atoms with E-state index in [-0.39, 0.29) is 6.03 Å². The van der Waals surface area contributed by atoms with Gasteiger partial charge in [-0.1, -0.05) is 48.5 Å². The van der Waals surface area contributed by atoms with E-state index in [0.717, 1.165) is 37.2 Å². The molecule has 1 aliphatic rings. The van der Waals surface area contributed by atoms with Crippen LogP contribution < -0.4 is 4.90 Å². The van der Waals surface area contributed by atoms with E-state index >= 15 is 0 Å². The molecular formula is C19H22N2O. The third kappa shape index (κ3) is 3.48. The van der Waals surface area contributed by atoms with E-state index in [4.69, 9.17) is 0 Å². The molecule has 2 aromatic carbocycles. The van der Waals surface area contributed by atoms with E-state index in [2.05, 4.69) is 12.1 Å². The molecule has 0 atom stereocenters. The van der Waals surface area contributed by atoms with E-state index in [9.17, 15) is 4.79 Å². The van der Waals surface area contributed by atoms with E-state index < -0.39 is 0 Å². The van der Waals surface area contributed by atoms with Gasteiger partial charge in [-0.05, 0) is 37.0 Å². The van der Waals surface area contributed by atoms with Gasteiger partial charge in [0, 0.05) is 18.8 Å². The number of piperidine rings is 1. The van der Waals surface area contributed by atoms with Gasteiger partial charge in [-0.25, -0.2) is 4.79 Å². The second-order valence-corrected chi connectivity index (χ2v) is 5.74. The Hall–Kier alpha value is -2.29. The average Bonchev–Trinajstić information content (AvgIpc) is 2.61. The van der Waals surface area contributed by atoms with Gasteiger partial charge in [0.25, 0.3) is 0 Å². The molecule has 0 saturated carbocycles. The molecular weight excluding hydrogens is 272 g/mol. The Morgan fingerprint density at radius 3 is 2.09 bits per heavy atom. The molecule has 0 N–H and O–H groups in total. The number of benzene rings is 2. The summed E-state index contributed by atoms with van der Waals surface area (Å²) in [7, 11) is 0. The lowest BCUT2D eigenvalue weighted by Crippen LogP contribution is -2.45. The first-order chi connectivity index (χ1) is 10.8. The summed E-state index contributed by atoms with van der Waals surface area (Å²) in [5.74, 6) is 0. The topological polar surface area (TPSA) is 23.6 Å². The monoisotopic (exact) mass is 294 g/mol. The number of hydrogen-bond donors (Lipinski definition) is 0. The van der Waals surface area contributed by atoms with Crippen LogP contribution in [0.5, 0.6) is 0 Å². The number of rotatable bonds is 3. The van der Waals surface area contributed by atoms with Crippen LogP contribution in [0.2, 0.25) is 0 Å². The highest BCUT2D eigenvalue weighted by Crippen LogP contribution is 2.20. The number of urea groups is 1. The lowest BCUT2D eigenvalue weighted by atomic mass is 10.1. The van der Waals surface area contributed by atoms with Crippen LogP contribution in [-0.2, 0) is 6.54 Å². The number of carbonyl (C=O) groups is 1. The van der Waals surface area contributed by atoms with Crippen molar-refractivity contribution in [2.24, 2.45) is 0 Å². The minimum Gasteiger partial charge on any atom is -0.324 e. The van der Waals surface area contributed by atoms with Crippen molar-refractivity contribution in [2.75, 3.05) is 18.0 Å². The Morgan fingerprint density at radius 1 is 0.864 bits per heavy atom. The van der Waals surface area contributed by atoms with Crippen molar-refractivity contribution >= 4 is 11.7 Å². The number of anilines is 1. The zero-order valence-electron chi connectivity index (χ0n) is 12.8. The molecule has 3 rings (SSSR count). The summed E-state index contributed by atoms with van der Waals surface area (Å²) in [6.07, 6.45) is 3.45. The zero-order chi connectivity index (χ0) is 15.2. The smallest absolute Gasteiger partial charge is 0.324 e. The maximum Gasteiger partial charge on any atom is 0.324 e. The van der Waals surface area contributed by atoms with Crippen molar-refractivity contribution in [1.29, 1.82) is 0 Å². The summed E-state index contributed by atoms with van der Waals surface area (Å²) in [5, 5.41) is 0. The molecule has 1 saturated heterocycles. The van der Waals surface area contributed by atoms with Crippen molar-refractivity contribution in [2.45, 2.75) is 25.8 Å².